The molecule has 4 rings (SSSR count). The van der Waals surface area contributed by atoms with Gasteiger partial charge in [0.15, 0.2) is 0 Å². The topological polar surface area (TPSA) is 98.3 Å². The van der Waals surface area contributed by atoms with Crippen LogP contribution >= 0.6 is 0 Å². The van der Waals surface area contributed by atoms with E-state index in [9.17, 15) is 20.2 Å². The standard InChI is InChI=1S/C19H17N3O4/c1-11-17(22(25)26)9-8-16-14-6-3-7-15(14)19(20-18(11)16)12-4-2-5-13(10-12)21(23)24/h2-6,8-10,14-15,19-20H,7H2,1H3. The van der Waals surface area contributed by atoms with Gasteiger partial charge in [0, 0.05) is 29.8 Å². The van der Waals surface area contributed by atoms with Crippen LogP contribution in [0.1, 0.15) is 35.1 Å². The second kappa shape index (κ2) is 5.94. The van der Waals surface area contributed by atoms with E-state index in [0.717, 1.165) is 23.2 Å². The molecule has 1 aliphatic heterocycles. The number of fused-ring (bicyclic) bond motifs is 3. The molecular formula is C19H17N3O4. The molecule has 0 saturated carbocycles. The minimum absolute atomic E-state index is 0.0494. The number of hydrogen-bond acceptors (Lipinski definition) is 5. The summed E-state index contributed by atoms with van der Waals surface area (Å²) in [5, 5.41) is 25.9. The minimum Gasteiger partial charge on any atom is -0.377 e. The zero-order valence-corrected chi connectivity index (χ0v) is 14.1. The molecule has 7 nitrogen and oxygen atoms in total. The van der Waals surface area contributed by atoms with Gasteiger partial charge in [-0.2, -0.15) is 0 Å². The molecule has 26 heavy (non-hydrogen) atoms. The van der Waals surface area contributed by atoms with Crippen LogP contribution in [0.2, 0.25) is 0 Å². The van der Waals surface area contributed by atoms with Crippen LogP contribution in [0.4, 0.5) is 17.1 Å². The van der Waals surface area contributed by atoms with Crippen molar-refractivity contribution >= 4 is 17.1 Å². The maximum absolute atomic E-state index is 11.3. The Hall–Kier alpha value is -3.22. The van der Waals surface area contributed by atoms with Gasteiger partial charge in [0.1, 0.15) is 0 Å². The van der Waals surface area contributed by atoms with Gasteiger partial charge in [-0.25, -0.2) is 0 Å². The van der Waals surface area contributed by atoms with Crippen LogP contribution in [0.5, 0.6) is 0 Å². The SMILES string of the molecule is Cc1c([N+](=O)[O-])ccc2c1NC(c1cccc([N+](=O)[O-])c1)C1CC=CC21. The maximum atomic E-state index is 11.3. The number of nitro groups is 2. The summed E-state index contributed by atoms with van der Waals surface area (Å²) in [6.07, 6.45) is 5.12. The second-order valence-electron chi connectivity index (χ2n) is 6.76. The van der Waals surface area contributed by atoms with E-state index in [1.165, 1.54) is 6.07 Å². The highest BCUT2D eigenvalue weighted by Gasteiger charge is 2.39. The number of anilines is 1. The van der Waals surface area contributed by atoms with E-state index in [2.05, 4.69) is 17.5 Å². The quantitative estimate of drug-likeness (QED) is 0.493. The van der Waals surface area contributed by atoms with Gasteiger partial charge in [-0.1, -0.05) is 24.3 Å². The average Bonchev–Trinajstić information content (AvgIpc) is 3.11. The second-order valence-corrected chi connectivity index (χ2v) is 6.76. The van der Waals surface area contributed by atoms with Crippen molar-refractivity contribution in [2.75, 3.05) is 5.32 Å². The van der Waals surface area contributed by atoms with Crippen LogP contribution in [-0.4, -0.2) is 9.85 Å². The van der Waals surface area contributed by atoms with Crippen LogP contribution in [0.3, 0.4) is 0 Å². The van der Waals surface area contributed by atoms with Crippen molar-refractivity contribution in [3.63, 3.8) is 0 Å². The minimum atomic E-state index is -0.402. The van der Waals surface area contributed by atoms with Crippen LogP contribution in [0.15, 0.2) is 48.6 Å². The number of hydrogen-bond donors (Lipinski definition) is 1. The molecule has 0 fully saturated rings. The molecule has 2 aromatic carbocycles. The molecule has 1 heterocycles. The van der Waals surface area contributed by atoms with Crippen molar-refractivity contribution in [1.29, 1.82) is 0 Å². The predicted octanol–water partition coefficient (Wildman–Crippen LogP) is 4.64. The predicted molar refractivity (Wildman–Crippen MR) is 97.3 cm³/mol. The molecule has 2 aromatic rings. The van der Waals surface area contributed by atoms with Gasteiger partial charge in [0.2, 0.25) is 0 Å². The molecule has 0 spiro atoms. The third-order valence-corrected chi connectivity index (χ3v) is 5.41. The number of rotatable bonds is 3. The number of nitrogens with one attached hydrogen (secondary N) is 1. The third-order valence-electron chi connectivity index (χ3n) is 5.41. The molecule has 3 atom stereocenters. The lowest BCUT2D eigenvalue weighted by molar-refractivity contribution is -0.385. The van der Waals surface area contributed by atoms with Crippen molar-refractivity contribution < 1.29 is 9.85 Å². The monoisotopic (exact) mass is 351 g/mol. The van der Waals surface area contributed by atoms with E-state index >= 15 is 0 Å². The molecule has 0 radical (unpaired) electrons. The molecule has 0 bridgehead atoms. The Bertz CT molecular complexity index is 954. The highest BCUT2D eigenvalue weighted by molar-refractivity contribution is 5.69. The first-order valence-corrected chi connectivity index (χ1v) is 8.43. The Morgan fingerprint density at radius 1 is 1.12 bits per heavy atom. The summed E-state index contributed by atoms with van der Waals surface area (Å²) in [6, 6.07) is 9.87. The number of nitrogens with zero attached hydrogens (tertiary/aromatic N) is 2. The molecule has 132 valence electrons. The van der Waals surface area contributed by atoms with Crippen LogP contribution in [0, 0.1) is 33.1 Å². The summed E-state index contributed by atoms with van der Waals surface area (Å²) in [6.45, 7) is 1.74. The van der Waals surface area contributed by atoms with E-state index < -0.39 is 4.92 Å². The fourth-order valence-electron chi connectivity index (χ4n) is 4.16. The Morgan fingerprint density at radius 2 is 1.92 bits per heavy atom. The summed E-state index contributed by atoms with van der Waals surface area (Å²) < 4.78 is 0. The van der Waals surface area contributed by atoms with Gasteiger partial charge < -0.3 is 5.32 Å². The number of non-ortho nitro benzene ring substituents is 1. The van der Waals surface area contributed by atoms with Crippen molar-refractivity contribution in [2.45, 2.75) is 25.3 Å². The summed E-state index contributed by atoms with van der Waals surface area (Å²) in [4.78, 5) is 21.6. The van der Waals surface area contributed by atoms with Crippen LogP contribution in [-0.2, 0) is 0 Å². The molecule has 2 aliphatic rings. The zero-order chi connectivity index (χ0) is 18.4. The van der Waals surface area contributed by atoms with Gasteiger partial charge in [-0.05, 0) is 36.5 Å². The van der Waals surface area contributed by atoms with Crippen molar-refractivity contribution in [3.8, 4) is 0 Å². The van der Waals surface area contributed by atoms with Gasteiger partial charge in [0.25, 0.3) is 11.4 Å². The molecule has 0 aromatic heterocycles. The van der Waals surface area contributed by atoms with Gasteiger partial charge in [0.05, 0.1) is 21.5 Å². The Kier molecular flexibility index (Phi) is 3.72. The average molecular weight is 351 g/mol. The molecular weight excluding hydrogens is 334 g/mol. The Labute approximate surface area is 149 Å². The summed E-state index contributed by atoms with van der Waals surface area (Å²) in [7, 11) is 0. The largest absolute Gasteiger partial charge is 0.377 e. The van der Waals surface area contributed by atoms with Crippen LogP contribution < -0.4 is 5.32 Å². The van der Waals surface area contributed by atoms with Crippen molar-refractivity contribution in [1.82, 2.24) is 0 Å². The van der Waals surface area contributed by atoms with Crippen molar-refractivity contribution in [2.24, 2.45) is 5.92 Å². The van der Waals surface area contributed by atoms with Crippen LogP contribution in [0.25, 0.3) is 0 Å². The van der Waals surface area contributed by atoms with E-state index in [-0.39, 0.29) is 34.2 Å². The summed E-state index contributed by atoms with van der Waals surface area (Å²) in [5.74, 6) is 0.375. The molecule has 7 heteroatoms. The van der Waals surface area contributed by atoms with E-state index in [1.807, 2.05) is 12.1 Å². The normalized spacial score (nSPS) is 23.0. The lowest BCUT2D eigenvalue weighted by atomic mass is 9.76. The van der Waals surface area contributed by atoms with Gasteiger partial charge >= 0.3 is 0 Å². The first-order valence-electron chi connectivity index (χ1n) is 8.43. The van der Waals surface area contributed by atoms with Crippen molar-refractivity contribution in [3.05, 3.63) is 85.5 Å². The fourth-order valence-corrected chi connectivity index (χ4v) is 4.16. The molecule has 1 aliphatic carbocycles. The number of nitro benzene ring substituents is 2. The summed E-state index contributed by atoms with van der Waals surface area (Å²) in [5.41, 5.74) is 3.37. The highest BCUT2D eigenvalue weighted by atomic mass is 16.6. The Balaban J connectivity index is 1.83. The maximum Gasteiger partial charge on any atom is 0.274 e. The summed E-state index contributed by atoms with van der Waals surface area (Å²) >= 11 is 0. The molecule has 1 N–H and O–H groups in total. The molecule has 0 saturated heterocycles. The zero-order valence-electron chi connectivity index (χ0n) is 14.1. The van der Waals surface area contributed by atoms with E-state index in [0.29, 0.717) is 5.56 Å². The van der Waals surface area contributed by atoms with Gasteiger partial charge in [-0.15, -0.1) is 0 Å². The number of benzene rings is 2. The first-order chi connectivity index (χ1) is 12.5. The fraction of sp³-hybridized carbons (Fsp3) is 0.263. The highest BCUT2D eigenvalue weighted by Crippen LogP contribution is 2.51. The molecule has 0 amide bonds. The Morgan fingerprint density at radius 3 is 2.65 bits per heavy atom. The third kappa shape index (κ3) is 2.44. The number of allylic oxidation sites excluding steroid dienone is 2. The molecule has 3 unspecified atom stereocenters. The first kappa shape index (κ1) is 16.3. The lowest BCUT2D eigenvalue weighted by Gasteiger charge is -2.38. The van der Waals surface area contributed by atoms with E-state index in [4.69, 9.17) is 0 Å². The van der Waals surface area contributed by atoms with E-state index in [1.54, 1.807) is 25.1 Å². The lowest BCUT2D eigenvalue weighted by Crippen LogP contribution is -2.29. The smallest absolute Gasteiger partial charge is 0.274 e. The van der Waals surface area contributed by atoms with Gasteiger partial charge in [-0.3, -0.25) is 20.2 Å².